The average Bonchev–Trinajstić information content (AvgIpc) is 2.92. The number of aromatic nitrogens is 1. The molecule has 1 aliphatic rings. The number of anilines is 1. The molecule has 0 radical (unpaired) electrons. The number of nitriles is 1. The monoisotopic (exact) mass is 515 g/mol. The van der Waals surface area contributed by atoms with Gasteiger partial charge in [-0.25, -0.2) is 8.78 Å². The third kappa shape index (κ3) is 4.48. The predicted molar refractivity (Wildman–Crippen MR) is 139 cm³/mol. The summed E-state index contributed by atoms with van der Waals surface area (Å²) >= 11 is 0. The van der Waals surface area contributed by atoms with Crippen LogP contribution >= 0.6 is 0 Å². The van der Waals surface area contributed by atoms with E-state index >= 15 is 0 Å². The number of fused-ring (bicyclic) bond motifs is 1. The molecule has 1 fully saturated rings. The highest BCUT2D eigenvalue weighted by atomic mass is 19.1. The summed E-state index contributed by atoms with van der Waals surface area (Å²) in [6.45, 7) is 1.65. The molecule has 8 nitrogen and oxygen atoms in total. The zero-order chi connectivity index (χ0) is 27.0. The number of hydrogen-bond donors (Lipinski definition) is 0. The summed E-state index contributed by atoms with van der Waals surface area (Å²) in [7, 11) is 1.47. The van der Waals surface area contributed by atoms with E-state index in [0.717, 1.165) is 11.1 Å². The van der Waals surface area contributed by atoms with Gasteiger partial charge in [-0.1, -0.05) is 24.3 Å². The first-order valence-electron chi connectivity index (χ1n) is 12.0. The van der Waals surface area contributed by atoms with Gasteiger partial charge in [0, 0.05) is 38.6 Å². The van der Waals surface area contributed by atoms with Crippen molar-refractivity contribution in [1.29, 1.82) is 5.26 Å². The maximum absolute atomic E-state index is 13.7. The summed E-state index contributed by atoms with van der Waals surface area (Å²) in [5.74, 6) is -0.726. The van der Waals surface area contributed by atoms with Crippen molar-refractivity contribution in [3.63, 3.8) is 0 Å². The van der Waals surface area contributed by atoms with Crippen molar-refractivity contribution < 1.29 is 13.7 Å². The number of rotatable bonds is 5. The second-order valence-corrected chi connectivity index (χ2v) is 9.19. The van der Waals surface area contributed by atoms with E-state index in [-0.39, 0.29) is 23.4 Å². The van der Waals surface area contributed by atoms with Crippen LogP contribution in [0, 0.1) is 33.1 Å². The molecule has 5 rings (SSSR count). The van der Waals surface area contributed by atoms with Crippen LogP contribution < -0.4 is 10.5 Å². The van der Waals surface area contributed by atoms with Crippen molar-refractivity contribution in [2.75, 3.05) is 31.1 Å². The van der Waals surface area contributed by atoms with E-state index in [9.17, 15) is 29.0 Å². The van der Waals surface area contributed by atoms with Crippen LogP contribution in [0.2, 0.25) is 0 Å². The van der Waals surface area contributed by atoms with Crippen LogP contribution in [0.5, 0.6) is 0 Å². The SMILES string of the molecule is Cn1c(=O)c([N+](=O)[O-])c(N2CCN(C(c3ccc(F)cc3)c3ccc(F)cc3)CC2)c2cc(C#N)ccc21. The lowest BCUT2D eigenvalue weighted by Gasteiger charge is -2.40. The minimum absolute atomic E-state index is 0.199. The Bertz CT molecular complexity index is 1580. The van der Waals surface area contributed by atoms with E-state index < -0.39 is 16.2 Å². The van der Waals surface area contributed by atoms with Crippen LogP contribution in [0.1, 0.15) is 22.7 Å². The van der Waals surface area contributed by atoms with Crippen LogP contribution in [0.15, 0.2) is 71.5 Å². The zero-order valence-corrected chi connectivity index (χ0v) is 20.5. The molecule has 1 aromatic heterocycles. The average molecular weight is 516 g/mol. The predicted octanol–water partition coefficient (Wildman–Crippen LogP) is 4.51. The molecule has 4 aromatic rings. The number of hydrogen-bond acceptors (Lipinski definition) is 6. The van der Waals surface area contributed by atoms with Crippen LogP contribution in [0.3, 0.4) is 0 Å². The molecule has 2 heterocycles. The lowest BCUT2D eigenvalue weighted by molar-refractivity contribution is -0.385. The molecule has 0 bridgehead atoms. The molecule has 1 saturated heterocycles. The number of pyridine rings is 1. The van der Waals surface area contributed by atoms with E-state index in [2.05, 4.69) is 11.0 Å². The molecule has 192 valence electrons. The molecule has 0 atom stereocenters. The molecule has 0 unspecified atom stereocenters. The molecule has 0 amide bonds. The van der Waals surface area contributed by atoms with Crippen LogP contribution in [0.4, 0.5) is 20.2 Å². The smallest absolute Gasteiger partial charge is 0.357 e. The molecular weight excluding hydrogens is 492 g/mol. The third-order valence-electron chi connectivity index (χ3n) is 7.02. The van der Waals surface area contributed by atoms with Gasteiger partial charge in [0.05, 0.1) is 28.1 Å². The van der Waals surface area contributed by atoms with Crippen molar-refractivity contribution >= 4 is 22.3 Å². The van der Waals surface area contributed by atoms with E-state index in [1.54, 1.807) is 42.5 Å². The Labute approximate surface area is 216 Å². The van der Waals surface area contributed by atoms with Gasteiger partial charge in [0.15, 0.2) is 0 Å². The van der Waals surface area contributed by atoms with Crippen LogP contribution in [-0.2, 0) is 7.05 Å². The molecule has 0 aliphatic carbocycles. The first-order valence-corrected chi connectivity index (χ1v) is 12.0. The Morgan fingerprint density at radius 1 is 0.921 bits per heavy atom. The molecule has 3 aromatic carbocycles. The fourth-order valence-electron chi connectivity index (χ4n) is 5.18. The molecule has 38 heavy (non-hydrogen) atoms. The summed E-state index contributed by atoms with van der Waals surface area (Å²) in [6, 6.07) is 18.8. The number of piperazine rings is 1. The largest absolute Gasteiger partial charge is 0.363 e. The quantitative estimate of drug-likeness (QED) is 0.287. The second kappa shape index (κ2) is 10.0. The van der Waals surface area contributed by atoms with Gasteiger partial charge in [-0.2, -0.15) is 5.26 Å². The Kier molecular flexibility index (Phi) is 6.61. The first-order chi connectivity index (χ1) is 18.3. The lowest BCUT2D eigenvalue weighted by Crippen LogP contribution is -2.48. The Balaban J connectivity index is 1.54. The van der Waals surface area contributed by atoms with Gasteiger partial charge in [-0.05, 0) is 53.6 Å². The van der Waals surface area contributed by atoms with Gasteiger partial charge < -0.3 is 9.47 Å². The highest BCUT2D eigenvalue weighted by Gasteiger charge is 2.33. The molecule has 10 heteroatoms. The van der Waals surface area contributed by atoms with Crippen LogP contribution in [-0.4, -0.2) is 40.6 Å². The number of benzene rings is 3. The number of nitrogens with zero attached hydrogens (tertiary/aromatic N) is 5. The topological polar surface area (TPSA) is 95.4 Å². The van der Waals surface area contributed by atoms with Gasteiger partial charge in [0.25, 0.3) is 0 Å². The van der Waals surface area contributed by atoms with Crippen molar-refractivity contribution in [2.24, 2.45) is 7.05 Å². The lowest BCUT2D eigenvalue weighted by atomic mass is 9.96. The first kappa shape index (κ1) is 25.0. The molecule has 0 saturated carbocycles. The zero-order valence-electron chi connectivity index (χ0n) is 20.5. The maximum Gasteiger partial charge on any atom is 0.357 e. The standard InChI is InChI=1S/C28H23F2N5O3/c1-32-24-11-2-18(17-31)16-23(24)26(27(28(32)36)35(37)38)34-14-12-33(13-15-34)25(19-3-7-21(29)8-4-19)20-5-9-22(30)10-6-20/h2-11,16,25H,12-15H2,1H3. The second-order valence-electron chi connectivity index (χ2n) is 9.19. The number of halogens is 2. The van der Waals surface area contributed by atoms with Gasteiger partial charge in [0.1, 0.15) is 17.3 Å². The van der Waals surface area contributed by atoms with Crippen LogP contribution in [0.25, 0.3) is 10.9 Å². The van der Waals surface area contributed by atoms with E-state index in [4.69, 9.17) is 0 Å². The van der Waals surface area contributed by atoms with Gasteiger partial charge >= 0.3 is 11.2 Å². The Hall–Kier alpha value is -4.62. The van der Waals surface area contributed by atoms with Crippen molar-refractivity contribution in [3.8, 4) is 6.07 Å². The van der Waals surface area contributed by atoms with Gasteiger partial charge in [-0.15, -0.1) is 0 Å². The van der Waals surface area contributed by atoms with Gasteiger partial charge in [-0.3, -0.25) is 19.8 Å². The molecule has 0 N–H and O–H groups in total. The summed E-state index contributed by atoms with van der Waals surface area (Å²) in [5.41, 5.74) is 1.43. The van der Waals surface area contributed by atoms with Gasteiger partial charge in [0.2, 0.25) is 0 Å². The minimum atomic E-state index is -0.722. The summed E-state index contributed by atoms with van der Waals surface area (Å²) < 4.78 is 28.5. The molecule has 0 spiro atoms. The van der Waals surface area contributed by atoms with E-state index in [1.807, 2.05) is 4.90 Å². The highest BCUT2D eigenvalue weighted by molar-refractivity contribution is 5.97. The third-order valence-corrected chi connectivity index (χ3v) is 7.02. The van der Waals surface area contributed by atoms with Crippen molar-refractivity contribution in [2.45, 2.75) is 6.04 Å². The summed E-state index contributed by atoms with van der Waals surface area (Å²) in [4.78, 5) is 28.4. The van der Waals surface area contributed by atoms with E-state index in [1.165, 1.54) is 35.9 Å². The highest BCUT2D eigenvalue weighted by Crippen LogP contribution is 2.36. The minimum Gasteiger partial charge on any atom is -0.363 e. The fraction of sp³-hybridized carbons (Fsp3) is 0.214. The van der Waals surface area contributed by atoms with Crippen molar-refractivity contribution in [1.82, 2.24) is 9.47 Å². The summed E-state index contributed by atoms with van der Waals surface area (Å²) in [6.07, 6.45) is 0. The normalized spacial score (nSPS) is 14.1. The molecule has 1 aliphatic heterocycles. The fourth-order valence-corrected chi connectivity index (χ4v) is 5.18. The number of nitro groups is 1. The Morgan fingerprint density at radius 3 is 1.97 bits per heavy atom. The van der Waals surface area contributed by atoms with Crippen molar-refractivity contribution in [3.05, 3.63) is 116 Å². The summed E-state index contributed by atoms with van der Waals surface area (Å²) in [5, 5.41) is 21.9. The molecular formula is C28H23F2N5O3. The Morgan fingerprint density at radius 2 is 1.47 bits per heavy atom. The van der Waals surface area contributed by atoms with E-state index in [0.29, 0.717) is 42.6 Å². The number of aryl methyl sites for hydroxylation is 1. The maximum atomic E-state index is 13.7.